The first-order valence-corrected chi connectivity index (χ1v) is 9.51. The Labute approximate surface area is 156 Å². The van der Waals surface area contributed by atoms with Gasteiger partial charge in [0.15, 0.2) is 5.82 Å². The van der Waals surface area contributed by atoms with Gasteiger partial charge in [-0.15, -0.1) is 5.10 Å². The van der Waals surface area contributed by atoms with Gasteiger partial charge in [-0.05, 0) is 12.8 Å². The van der Waals surface area contributed by atoms with E-state index >= 15 is 0 Å². The predicted molar refractivity (Wildman–Crippen MR) is 94.7 cm³/mol. The Morgan fingerprint density at radius 3 is 2.85 bits per heavy atom. The van der Waals surface area contributed by atoms with Gasteiger partial charge < -0.3 is 14.5 Å². The van der Waals surface area contributed by atoms with Crippen LogP contribution in [0, 0.1) is 0 Å². The van der Waals surface area contributed by atoms with Crippen molar-refractivity contribution in [2.45, 2.75) is 31.9 Å². The highest BCUT2D eigenvalue weighted by Crippen LogP contribution is 2.27. The molecule has 9 heteroatoms. The number of hydrogen-bond acceptors (Lipinski definition) is 5. The summed E-state index contributed by atoms with van der Waals surface area (Å²) in [5.74, 6) is 0.673. The minimum Gasteiger partial charge on any atom is -0.375 e. The Bertz CT molecular complexity index is 838. The lowest BCUT2D eigenvalue weighted by Gasteiger charge is -2.31. The molecule has 1 amide bonds. The van der Waals surface area contributed by atoms with E-state index in [-0.39, 0.29) is 6.03 Å². The normalized spacial score (nSPS) is 25.2. The topological polar surface area (TPSA) is 68.4 Å². The van der Waals surface area contributed by atoms with Crippen molar-refractivity contribution in [3.8, 4) is 5.82 Å². The van der Waals surface area contributed by atoms with Crippen LogP contribution in [0.2, 0.25) is 5.02 Å². The van der Waals surface area contributed by atoms with Crippen molar-refractivity contribution in [2.24, 2.45) is 0 Å². The van der Waals surface area contributed by atoms with Gasteiger partial charge in [0.05, 0.1) is 36.3 Å². The molecule has 4 aliphatic rings. The van der Waals surface area contributed by atoms with Crippen LogP contribution in [-0.2, 0) is 17.8 Å². The molecule has 138 valence electrons. The van der Waals surface area contributed by atoms with Crippen molar-refractivity contribution in [1.82, 2.24) is 29.4 Å². The second-order valence-corrected chi connectivity index (χ2v) is 7.55. The van der Waals surface area contributed by atoms with E-state index in [1.807, 2.05) is 4.90 Å². The van der Waals surface area contributed by atoms with Gasteiger partial charge >= 0.3 is 6.03 Å². The maximum absolute atomic E-state index is 13.4. The fourth-order valence-corrected chi connectivity index (χ4v) is 4.37. The average molecular weight is 377 g/mol. The summed E-state index contributed by atoms with van der Waals surface area (Å²) in [5.41, 5.74) is 1.86. The average Bonchev–Trinajstić information content (AvgIpc) is 3.13. The highest BCUT2D eigenvalue weighted by atomic mass is 35.5. The molecule has 2 aromatic heterocycles. The number of piperidine rings is 1. The fraction of sp³-hybridized carbons (Fsp3) is 0.588. The summed E-state index contributed by atoms with van der Waals surface area (Å²) in [6.45, 7) is 4.85. The number of aromatic nitrogens is 4. The Balaban J connectivity index is 1.54. The van der Waals surface area contributed by atoms with Crippen molar-refractivity contribution >= 4 is 17.6 Å². The van der Waals surface area contributed by atoms with Crippen LogP contribution in [0.5, 0.6) is 0 Å². The van der Waals surface area contributed by atoms with Gasteiger partial charge in [0.1, 0.15) is 0 Å². The van der Waals surface area contributed by atoms with E-state index in [9.17, 15) is 4.79 Å². The number of rotatable bonds is 1. The monoisotopic (exact) mass is 376 g/mol. The van der Waals surface area contributed by atoms with Crippen LogP contribution in [0.1, 0.15) is 24.1 Å². The van der Waals surface area contributed by atoms with Crippen LogP contribution in [-0.4, -0.2) is 74.2 Å². The van der Waals surface area contributed by atoms with Crippen molar-refractivity contribution in [2.75, 3.05) is 32.8 Å². The highest BCUT2D eigenvalue weighted by Gasteiger charge is 2.35. The molecule has 4 aliphatic heterocycles. The molecule has 0 N–H and O–H groups in total. The third kappa shape index (κ3) is 2.64. The van der Waals surface area contributed by atoms with Crippen molar-refractivity contribution < 1.29 is 9.53 Å². The summed E-state index contributed by atoms with van der Waals surface area (Å²) < 4.78 is 8.80. The van der Waals surface area contributed by atoms with E-state index in [0.29, 0.717) is 36.5 Å². The van der Waals surface area contributed by atoms with E-state index in [4.69, 9.17) is 16.3 Å². The minimum absolute atomic E-state index is 0.0509. The molecule has 0 aromatic carbocycles. The molecular formula is C17H21ClN6O2. The number of halogens is 1. The molecule has 3 saturated heterocycles. The zero-order chi connectivity index (χ0) is 17.7. The number of amides is 1. The molecule has 0 saturated carbocycles. The highest BCUT2D eigenvalue weighted by molar-refractivity contribution is 6.30. The molecule has 6 rings (SSSR count). The van der Waals surface area contributed by atoms with Crippen LogP contribution in [0.4, 0.5) is 4.79 Å². The smallest absolute Gasteiger partial charge is 0.345 e. The summed E-state index contributed by atoms with van der Waals surface area (Å²) in [6, 6.07) is 0.248. The predicted octanol–water partition coefficient (Wildman–Crippen LogP) is 1.54. The van der Waals surface area contributed by atoms with Gasteiger partial charge in [-0.1, -0.05) is 11.6 Å². The van der Waals surface area contributed by atoms with Crippen LogP contribution in [0.25, 0.3) is 5.82 Å². The molecule has 0 aliphatic carbocycles. The maximum Gasteiger partial charge on any atom is 0.345 e. The molecule has 0 unspecified atom stereocenters. The van der Waals surface area contributed by atoms with Gasteiger partial charge in [0, 0.05) is 44.2 Å². The van der Waals surface area contributed by atoms with Gasteiger partial charge in [0.25, 0.3) is 0 Å². The summed E-state index contributed by atoms with van der Waals surface area (Å²) in [5, 5.41) is 9.45. The molecule has 2 bridgehead atoms. The number of carbonyl (C=O) groups excluding carboxylic acids is 1. The molecule has 6 heterocycles. The van der Waals surface area contributed by atoms with Gasteiger partial charge in [-0.3, -0.25) is 0 Å². The van der Waals surface area contributed by atoms with E-state index < -0.39 is 0 Å². The van der Waals surface area contributed by atoms with Crippen LogP contribution >= 0.6 is 11.6 Å². The van der Waals surface area contributed by atoms with Crippen LogP contribution in [0.15, 0.2) is 12.4 Å². The zero-order valence-corrected chi connectivity index (χ0v) is 15.2. The molecule has 0 radical (unpaired) electrons. The largest absolute Gasteiger partial charge is 0.375 e. The minimum atomic E-state index is -0.0509. The third-order valence-electron chi connectivity index (χ3n) is 5.65. The first kappa shape index (κ1) is 16.3. The molecule has 26 heavy (non-hydrogen) atoms. The Morgan fingerprint density at radius 2 is 2.08 bits per heavy atom. The van der Waals surface area contributed by atoms with Crippen molar-refractivity contribution in [3.05, 3.63) is 28.7 Å². The molecule has 0 spiro atoms. The van der Waals surface area contributed by atoms with E-state index in [1.54, 1.807) is 17.1 Å². The molecule has 8 nitrogen and oxygen atoms in total. The summed E-state index contributed by atoms with van der Waals surface area (Å²) in [4.78, 5) is 17.8. The standard InChI is InChI=1S/C17H21ClN6O2/c18-12-9-19-23(10-12)16-14-3-8-26-11-15(14)24(20-16)17(25)22-7-6-21-4-1-13(22)2-5-21/h9-10,13H,1-8,11H2. The van der Waals surface area contributed by atoms with Gasteiger partial charge in [-0.2, -0.15) is 9.78 Å². The number of hydrogen-bond donors (Lipinski definition) is 0. The number of ether oxygens (including phenoxy) is 1. The first-order valence-electron chi connectivity index (χ1n) is 9.13. The second-order valence-electron chi connectivity index (χ2n) is 7.12. The SMILES string of the molecule is O=C(N1CCN2CCC1CC2)n1nc(-n2cc(Cl)cn2)c2c1COCC2. The lowest BCUT2D eigenvalue weighted by Crippen LogP contribution is -2.44. The van der Waals surface area contributed by atoms with E-state index in [0.717, 1.165) is 50.3 Å². The molecule has 2 aromatic rings. The van der Waals surface area contributed by atoms with E-state index in [2.05, 4.69) is 15.1 Å². The number of nitrogens with zero attached hydrogens (tertiary/aromatic N) is 6. The molecule has 0 atom stereocenters. The Kier molecular flexibility index (Phi) is 3.99. The Morgan fingerprint density at radius 1 is 1.23 bits per heavy atom. The quantitative estimate of drug-likeness (QED) is 0.755. The lowest BCUT2D eigenvalue weighted by molar-refractivity contribution is 0.103. The molecular weight excluding hydrogens is 356 g/mol. The lowest BCUT2D eigenvalue weighted by atomic mass is 10.1. The maximum atomic E-state index is 13.4. The van der Waals surface area contributed by atoms with Crippen LogP contribution < -0.4 is 0 Å². The van der Waals surface area contributed by atoms with Gasteiger partial charge in [-0.25, -0.2) is 9.48 Å². The summed E-state index contributed by atoms with van der Waals surface area (Å²) in [7, 11) is 0. The zero-order valence-electron chi connectivity index (χ0n) is 14.5. The fourth-order valence-electron chi connectivity index (χ4n) is 4.24. The number of fused-ring (bicyclic) bond motifs is 5. The Hall–Kier alpha value is -1.90. The second kappa shape index (κ2) is 6.37. The summed E-state index contributed by atoms with van der Waals surface area (Å²) >= 11 is 6.02. The first-order chi connectivity index (χ1) is 12.7. The van der Waals surface area contributed by atoms with Crippen molar-refractivity contribution in [1.29, 1.82) is 0 Å². The van der Waals surface area contributed by atoms with Crippen molar-refractivity contribution in [3.63, 3.8) is 0 Å². The summed E-state index contributed by atoms with van der Waals surface area (Å²) in [6.07, 6.45) is 6.08. The van der Waals surface area contributed by atoms with Gasteiger partial charge in [0.2, 0.25) is 0 Å². The van der Waals surface area contributed by atoms with Crippen LogP contribution in [0.3, 0.4) is 0 Å². The number of carbonyl (C=O) groups is 1. The molecule has 3 fully saturated rings. The van der Waals surface area contributed by atoms with E-state index in [1.165, 1.54) is 4.68 Å². The third-order valence-corrected chi connectivity index (χ3v) is 5.85.